The highest BCUT2D eigenvalue weighted by Crippen LogP contribution is 2.16. The van der Waals surface area contributed by atoms with Crippen molar-refractivity contribution in [3.05, 3.63) is 60.8 Å². The summed E-state index contributed by atoms with van der Waals surface area (Å²) in [6.45, 7) is 6.62. The fraction of sp³-hybridized carbons (Fsp3) is 0.794. The number of allylic oxidation sites excluding steroid dienone is 10. The van der Waals surface area contributed by atoms with Crippen LogP contribution in [0, 0.1) is 0 Å². The SMILES string of the molecule is CCCCCCC\C=C/C=C\C=C/CCCCCCCC(=O)OCC(COC(=O)CCCCCCCCCCCCCCCCC)OC(=O)CCCCCCC/C=C\C=C/CCCCCCCCC. The second-order valence-corrected chi connectivity index (χ2v) is 20.0. The Morgan fingerprint density at radius 1 is 0.290 bits per heavy atom. The van der Waals surface area contributed by atoms with Gasteiger partial charge in [0.25, 0.3) is 0 Å². The van der Waals surface area contributed by atoms with E-state index in [9.17, 15) is 14.4 Å². The summed E-state index contributed by atoms with van der Waals surface area (Å²) >= 11 is 0. The Kier molecular flexibility index (Phi) is 55.3. The van der Waals surface area contributed by atoms with Crippen molar-refractivity contribution >= 4 is 17.9 Å². The standard InChI is InChI=1S/C63H112O6/c1-4-7-10-13-16-19-22-25-28-30-32-35-38-41-44-47-50-53-56-62(65)68-59-60(58-67-61(64)55-52-49-46-43-40-37-34-27-24-21-18-15-12-9-6-3)69-63(66)57-54-51-48-45-42-39-36-33-31-29-26-23-20-17-14-11-8-5-2/h22,25,28-33,35-36,60H,4-21,23-24,26-27,34,37-59H2,1-3H3/b25-22-,30-28-,31-29-,35-32-,36-33-. The van der Waals surface area contributed by atoms with Gasteiger partial charge in [0.15, 0.2) is 6.10 Å². The second kappa shape index (κ2) is 57.7. The maximum Gasteiger partial charge on any atom is 0.306 e. The van der Waals surface area contributed by atoms with Gasteiger partial charge in [0.05, 0.1) is 0 Å². The fourth-order valence-electron chi connectivity index (χ4n) is 8.55. The van der Waals surface area contributed by atoms with Crippen molar-refractivity contribution in [3.63, 3.8) is 0 Å². The van der Waals surface area contributed by atoms with E-state index >= 15 is 0 Å². The minimum Gasteiger partial charge on any atom is -0.462 e. The third-order valence-corrected chi connectivity index (χ3v) is 13.1. The minimum atomic E-state index is -0.790. The van der Waals surface area contributed by atoms with Crippen molar-refractivity contribution in [2.45, 2.75) is 309 Å². The van der Waals surface area contributed by atoms with Crippen molar-refractivity contribution in [1.29, 1.82) is 0 Å². The third kappa shape index (κ3) is 55.9. The number of rotatable bonds is 54. The van der Waals surface area contributed by atoms with E-state index in [1.54, 1.807) is 0 Å². The highest BCUT2D eigenvalue weighted by Gasteiger charge is 2.19. The summed E-state index contributed by atoms with van der Waals surface area (Å²) in [5, 5.41) is 0. The second-order valence-electron chi connectivity index (χ2n) is 20.0. The minimum absolute atomic E-state index is 0.0848. The predicted octanol–water partition coefficient (Wildman–Crippen LogP) is 20.0. The highest BCUT2D eigenvalue weighted by atomic mass is 16.6. The molecule has 0 saturated carbocycles. The van der Waals surface area contributed by atoms with E-state index in [-0.39, 0.29) is 31.1 Å². The van der Waals surface area contributed by atoms with Crippen molar-refractivity contribution in [1.82, 2.24) is 0 Å². The summed E-state index contributed by atoms with van der Waals surface area (Å²) in [7, 11) is 0. The average Bonchev–Trinajstić information content (AvgIpc) is 3.35. The summed E-state index contributed by atoms with van der Waals surface area (Å²) < 4.78 is 16.9. The Morgan fingerprint density at radius 2 is 0.522 bits per heavy atom. The molecule has 6 nitrogen and oxygen atoms in total. The highest BCUT2D eigenvalue weighted by molar-refractivity contribution is 5.71. The molecule has 0 amide bonds. The van der Waals surface area contributed by atoms with Crippen LogP contribution in [0.5, 0.6) is 0 Å². The maximum absolute atomic E-state index is 12.9. The first-order valence-electron chi connectivity index (χ1n) is 29.8. The van der Waals surface area contributed by atoms with Gasteiger partial charge < -0.3 is 14.2 Å². The first-order valence-corrected chi connectivity index (χ1v) is 29.8. The molecule has 0 heterocycles. The lowest BCUT2D eigenvalue weighted by Gasteiger charge is -2.18. The van der Waals surface area contributed by atoms with Crippen LogP contribution in [-0.4, -0.2) is 37.2 Å². The molecule has 0 saturated heterocycles. The number of hydrogen-bond acceptors (Lipinski definition) is 6. The van der Waals surface area contributed by atoms with E-state index in [0.717, 1.165) is 96.3 Å². The van der Waals surface area contributed by atoms with Gasteiger partial charge in [-0.25, -0.2) is 0 Å². The van der Waals surface area contributed by atoms with Crippen molar-refractivity contribution < 1.29 is 28.6 Å². The zero-order valence-electron chi connectivity index (χ0n) is 45.8. The molecule has 0 aromatic rings. The number of hydrogen-bond donors (Lipinski definition) is 0. The Balaban J connectivity index is 4.43. The van der Waals surface area contributed by atoms with Gasteiger partial charge >= 0.3 is 17.9 Å². The van der Waals surface area contributed by atoms with Gasteiger partial charge in [-0.3, -0.25) is 14.4 Å². The van der Waals surface area contributed by atoms with Gasteiger partial charge in [0, 0.05) is 19.3 Å². The zero-order chi connectivity index (χ0) is 50.0. The first kappa shape index (κ1) is 66.1. The summed E-state index contributed by atoms with van der Waals surface area (Å²) in [4.78, 5) is 38.2. The predicted molar refractivity (Wildman–Crippen MR) is 298 cm³/mol. The molecule has 0 aliphatic rings. The van der Waals surface area contributed by atoms with Gasteiger partial charge in [0.1, 0.15) is 13.2 Å². The van der Waals surface area contributed by atoms with Gasteiger partial charge in [-0.05, 0) is 70.6 Å². The normalized spacial score (nSPS) is 12.4. The number of ether oxygens (including phenoxy) is 3. The van der Waals surface area contributed by atoms with Gasteiger partial charge in [-0.15, -0.1) is 0 Å². The monoisotopic (exact) mass is 965 g/mol. The van der Waals surface area contributed by atoms with Crippen LogP contribution < -0.4 is 0 Å². The molecular weight excluding hydrogens is 853 g/mol. The Bertz CT molecular complexity index is 1250. The van der Waals surface area contributed by atoms with Crippen molar-refractivity contribution in [2.24, 2.45) is 0 Å². The number of esters is 3. The maximum atomic E-state index is 12.9. The van der Waals surface area contributed by atoms with E-state index in [4.69, 9.17) is 14.2 Å². The average molecular weight is 966 g/mol. The van der Waals surface area contributed by atoms with E-state index in [1.807, 2.05) is 0 Å². The van der Waals surface area contributed by atoms with Crippen LogP contribution in [0.3, 0.4) is 0 Å². The molecule has 6 heteroatoms. The molecule has 0 bridgehead atoms. The molecule has 0 N–H and O–H groups in total. The van der Waals surface area contributed by atoms with E-state index in [2.05, 4.69) is 81.5 Å². The smallest absolute Gasteiger partial charge is 0.306 e. The molecule has 69 heavy (non-hydrogen) atoms. The van der Waals surface area contributed by atoms with Crippen LogP contribution >= 0.6 is 0 Å². The number of carbonyl (C=O) groups is 3. The molecule has 0 aromatic carbocycles. The van der Waals surface area contributed by atoms with Crippen LogP contribution in [-0.2, 0) is 28.6 Å². The Morgan fingerprint density at radius 3 is 0.812 bits per heavy atom. The lowest BCUT2D eigenvalue weighted by molar-refractivity contribution is -0.167. The molecule has 1 unspecified atom stereocenters. The molecule has 0 radical (unpaired) electrons. The molecule has 0 rings (SSSR count). The van der Waals surface area contributed by atoms with Crippen LogP contribution in [0.2, 0.25) is 0 Å². The van der Waals surface area contributed by atoms with Crippen molar-refractivity contribution in [3.8, 4) is 0 Å². The number of unbranched alkanes of at least 4 members (excludes halogenated alkanes) is 36. The number of carbonyl (C=O) groups excluding carboxylic acids is 3. The molecule has 0 aromatic heterocycles. The van der Waals surface area contributed by atoms with Crippen LogP contribution in [0.1, 0.15) is 303 Å². The zero-order valence-corrected chi connectivity index (χ0v) is 45.8. The molecule has 0 spiro atoms. The third-order valence-electron chi connectivity index (χ3n) is 13.1. The lowest BCUT2D eigenvalue weighted by atomic mass is 10.0. The Hall–Kier alpha value is -2.89. The van der Waals surface area contributed by atoms with Gasteiger partial charge in [-0.1, -0.05) is 274 Å². The molecule has 400 valence electrons. The first-order chi connectivity index (χ1) is 34.0. The van der Waals surface area contributed by atoms with E-state index < -0.39 is 6.10 Å². The molecule has 0 aliphatic carbocycles. The fourth-order valence-corrected chi connectivity index (χ4v) is 8.55. The summed E-state index contributed by atoms with van der Waals surface area (Å²) in [5.74, 6) is -0.906. The van der Waals surface area contributed by atoms with Gasteiger partial charge in [-0.2, -0.15) is 0 Å². The molecule has 0 aliphatic heterocycles. The lowest BCUT2D eigenvalue weighted by Crippen LogP contribution is -2.30. The summed E-state index contributed by atoms with van der Waals surface area (Å²) in [6, 6.07) is 0. The van der Waals surface area contributed by atoms with Gasteiger partial charge in [0.2, 0.25) is 0 Å². The largest absolute Gasteiger partial charge is 0.462 e. The quantitative estimate of drug-likeness (QED) is 0.0262. The molecule has 0 fully saturated rings. The van der Waals surface area contributed by atoms with Crippen LogP contribution in [0.25, 0.3) is 0 Å². The van der Waals surface area contributed by atoms with E-state index in [1.165, 1.54) is 167 Å². The molecular formula is C63H112O6. The van der Waals surface area contributed by atoms with E-state index in [0.29, 0.717) is 19.3 Å². The topological polar surface area (TPSA) is 78.9 Å². The van der Waals surface area contributed by atoms with Crippen LogP contribution in [0.4, 0.5) is 0 Å². The van der Waals surface area contributed by atoms with Crippen LogP contribution in [0.15, 0.2) is 60.8 Å². The summed E-state index contributed by atoms with van der Waals surface area (Å²) in [5.41, 5.74) is 0. The Labute approximate surface area is 428 Å². The molecule has 1 atom stereocenters. The van der Waals surface area contributed by atoms with Crippen molar-refractivity contribution in [2.75, 3.05) is 13.2 Å². The summed E-state index contributed by atoms with van der Waals surface area (Å²) in [6.07, 6.45) is 72.0.